The molecule has 0 saturated heterocycles. The van der Waals surface area contributed by atoms with Gasteiger partial charge in [0.15, 0.2) is 6.54 Å². The standard InChI is InChI=1S/C17H19BrN2O/c1-12-8-9-15(10-16(12)18)20-17(21)11-19-13(2)14-6-4-3-5-7-14/h3-10,13,19H,11H2,1-2H3,(H,20,21)/p+1/t13-/m1/s1. The second kappa shape index (κ2) is 7.38. The number of carbonyl (C=O) groups excluding carboxylic acids is 1. The van der Waals surface area contributed by atoms with Crippen LogP contribution in [0.2, 0.25) is 0 Å². The van der Waals surface area contributed by atoms with Crippen LogP contribution < -0.4 is 10.6 Å². The number of rotatable bonds is 5. The lowest BCUT2D eigenvalue weighted by atomic mass is 10.1. The number of nitrogens with one attached hydrogen (secondary N) is 1. The maximum absolute atomic E-state index is 12.0. The third-order valence-electron chi connectivity index (χ3n) is 3.44. The van der Waals surface area contributed by atoms with Gasteiger partial charge in [-0.25, -0.2) is 0 Å². The Bertz CT molecular complexity index is 613. The number of hydrogen-bond acceptors (Lipinski definition) is 1. The molecule has 2 rings (SSSR count). The number of nitrogens with two attached hydrogens (primary N) is 1. The van der Waals surface area contributed by atoms with Gasteiger partial charge in [-0.05, 0) is 31.5 Å². The SMILES string of the molecule is Cc1ccc(NC(=O)C[NH2+][C@H](C)c2ccccc2)cc1Br. The molecule has 0 heterocycles. The van der Waals surface area contributed by atoms with Crippen molar-refractivity contribution in [1.82, 2.24) is 0 Å². The first kappa shape index (κ1) is 15.7. The molecule has 0 fully saturated rings. The molecule has 2 aromatic rings. The molecular formula is C17H20BrN2O+. The first-order valence-corrected chi connectivity index (χ1v) is 7.80. The van der Waals surface area contributed by atoms with E-state index in [-0.39, 0.29) is 11.9 Å². The molecule has 0 unspecified atom stereocenters. The fourth-order valence-corrected chi connectivity index (χ4v) is 2.44. The quantitative estimate of drug-likeness (QED) is 0.857. The topological polar surface area (TPSA) is 45.7 Å². The van der Waals surface area contributed by atoms with Crippen LogP contribution in [0.3, 0.4) is 0 Å². The summed E-state index contributed by atoms with van der Waals surface area (Å²) < 4.78 is 1.00. The number of amides is 1. The van der Waals surface area contributed by atoms with Crippen LogP contribution in [-0.4, -0.2) is 12.5 Å². The summed E-state index contributed by atoms with van der Waals surface area (Å²) in [7, 11) is 0. The zero-order valence-corrected chi connectivity index (χ0v) is 13.9. The fraction of sp³-hybridized carbons (Fsp3) is 0.235. The summed E-state index contributed by atoms with van der Waals surface area (Å²) in [4.78, 5) is 12.0. The number of anilines is 1. The fourth-order valence-electron chi connectivity index (χ4n) is 2.06. The lowest BCUT2D eigenvalue weighted by molar-refractivity contribution is -0.682. The summed E-state index contributed by atoms with van der Waals surface area (Å²) in [5, 5.41) is 4.95. The van der Waals surface area contributed by atoms with E-state index in [9.17, 15) is 4.79 Å². The molecule has 0 saturated carbocycles. The highest BCUT2D eigenvalue weighted by Gasteiger charge is 2.11. The van der Waals surface area contributed by atoms with Crippen LogP contribution in [0.25, 0.3) is 0 Å². The second-order valence-corrected chi connectivity index (χ2v) is 6.01. The largest absolute Gasteiger partial charge is 0.333 e. The molecule has 110 valence electrons. The van der Waals surface area contributed by atoms with Crippen molar-refractivity contribution in [3.05, 3.63) is 64.1 Å². The monoisotopic (exact) mass is 347 g/mol. The Morgan fingerprint density at radius 3 is 2.62 bits per heavy atom. The van der Waals surface area contributed by atoms with Gasteiger partial charge in [0.05, 0.1) is 0 Å². The van der Waals surface area contributed by atoms with Crippen LogP contribution in [0.5, 0.6) is 0 Å². The Labute approximate surface area is 133 Å². The summed E-state index contributed by atoms with van der Waals surface area (Å²) in [5.74, 6) is 0.00790. The van der Waals surface area contributed by atoms with Gasteiger partial charge in [0.2, 0.25) is 0 Å². The van der Waals surface area contributed by atoms with Crippen LogP contribution in [-0.2, 0) is 4.79 Å². The Morgan fingerprint density at radius 2 is 1.95 bits per heavy atom. The Morgan fingerprint density at radius 1 is 1.24 bits per heavy atom. The van der Waals surface area contributed by atoms with E-state index in [4.69, 9.17) is 0 Å². The number of halogens is 1. The van der Waals surface area contributed by atoms with Crippen molar-refractivity contribution in [2.45, 2.75) is 19.9 Å². The third kappa shape index (κ3) is 4.69. The maximum atomic E-state index is 12.0. The molecular weight excluding hydrogens is 328 g/mol. The van der Waals surface area contributed by atoms with Crippen molar-refractivity contribution >= 4 is 27.5 Å². The van der Waals surface area contributed by atoms with Gasteiger partial charge in [0.1, 0.15) is 6.04 Å². The van der Waals surface area contributed by atoms with Crippen LogP contribution in [0, 0.1) is 6.92 Å². The van der Waals surface area contributed by atoms with Crippen molar-refractivity contribution in [1.29, 1.82) is 0 Å². The van der Waals surface area contributed by atoms with Gasteiger partial charge >= 0.3 is 0 Å². The lowest BCUT2D eigenvalue weighted by Crippen LogP contribution is -2.86. The molecule has 2 aromatic carbocycles. The van der Waals surface area contributed by atoms with Crippen LogP contribution in [0.15, 0.2) is 53.0 Å². The Hall–Kier alpha value is -1.65. The van der Waals surface area contributed by atoms with Crippen LogP contribution in [0.1, 0.15) is 24.1 Å². The van der Waals surface area contributed by atoms with E-state index < -0.39 is 0 Å². The molecule has 0 bridgehead atoms. The van der Waals surface area contributed by atoms with Gasteiger partial charge in [0, 0.05) is 15.7 Å². The van der Waals surface area contributed by atoms with E-state index in [0.717, 1.165) is 15.7 Å². The Kier molecular flexibility index (Phi) is 5.53. The van der Waals surface area contributed by atoms with Gasteiger partial charge in [-0.2, -0.15) is 0 Å². The zero-order chi connectivity index (χ0) is 15.2. The molecule has 0 aliphatic heterocycles. The third-order valence-corrected chi connectivity index (χ3v) is 4.29. The minimum atomic E-state index is 0.00790. The molecule has 0 aliphatic carbocycles. The van der Waals surface area contributed by atoms with E-state index in [1.54, 1.807) is 0 Å². The van der Waals surface area contributed by atoms with Crippen LogP contribution in [0.4, 0.5) is 5.69 Å². The van der Waals surface area contributed by atoms with E-state index in [1.807, 2.05) is 48.6 Å². The summed E-state index contributed by atoms with van der Waals surface area (Å²) in [6.07, 6.45) is 0. The molecule has 0 aromatic heterocycles. The first-order valence-electron chi connectivity index (χ1n) is 7.00. The highest BCUT2D eigenvalue weighted by molar-refractivity contribution is 9.10. The normalized spacial score (nSPS) is 12.0. The highest BCUT2D eigenvalue weighted by Crippen LogP contribution is 2.20. The average molecular weight is 348 g/mol. The second-order valence-electron chi connectivity index (χ2n) is 5.15. The van der Waals surface area contributed by atoms with Crippen molar-refractivity contribution in [2.75, 3.05) is 11.9 Å². The minimum Gasteiger partial charge on any atom is -0.333 e. The van der Waals surface area contributed by atoms with Crippen molar-refractivity contribution in [2.24, 2.45) is 0 Å². The molecule has 21 heavy (non-hydrogen) atoms. The van der Waals surface area contributed by atoms with Gasteiger partial charge in [0.25, 0.3) is 5.91 Å². The number of hydrogen-bond donors (Lipinski definition) is 2. The summed E-state index contributed by atoms with van der Waals surface area (Å²) in [5.41, 5.74) is 3.19. The summed E-state index contributed by atoms with van der Waals surface area (Å²) in [6, 6.07) is 16.3. The molecule has 1 atom stereocenters. The van der Waals surface area contributed by atoms with Crippen molar-refractivity contribution < 1.29 is 10.1 Å². The molecule has 0 radical (unpaired) electrons. The minimum absolute atomic E-state index is 0.00790. The lowest BCUT2D eigenvalue weighted by Gasteiger charge is -2.11. The van der Waals surface area contributed by atoms with Crippen molar-refractivity contribution in [3.63, 3.8) is 0 Å². The maximum Gasteiger partial charge on any atom is 0.279 e. The summed E-state index contributed by atoms with van der Waals surface area (Å²) >= 11 is 3.47. The van der Waals surface area contributed by atoms with Gasteiger partial charge in [-0.1, -0.05) is 52.3 Å². The van der Waals surface area contributed by atoms with E-state index in [0.29, 0.717) is 6.54 Å². The molecule has 0 spiro atoms. The highest BCUT2D eigenvalue weighted by atomic mass is 79.9. The van der Waals surface area contributed by atoms with E-state index in [1.165, 1.54) is 5.56 Å². The predicted molar refractivity (Wildman–Crippen MR) is 89.2 cm³/mol. The molecule has 3 N–H and O–H groups in total. The molecule has 0 aliphatic rings. The van der Waals surface area contributed by atoms with Gasteiger partial charge < -0.3 is 10.6 Å². The number of carbonyl (C=O) groups is 1. The van der Waals surface area contributed by atoms with Crippen molar-refractivity contribution in [3.8, 4) is 0 Å². The average Bonchev–Trinajstić information content (AvgIpc) is 2.49. The molecule has 3 nitrogen and oxygen atoms in total. The summed E-state index contributed by atoms with van der Waals surface area (Å²) in [6.45, 7) is 4.53. The smallest absolute Gasteiger partial charge is 0.279 e. The predicted octanol–water partition coefficient (Wildman–Crippen LogP) is 3.02. The van der Waals surface area contributed by atoms with E-state index >= 15 is 0 Å². The number of quaternary nitrogens is 1. The number of benzene rings is 2. The molecule has 4 heteroatoms. The number of aryl methyl sites for hydroxylation is 1. The van der Waals surface area contributed by atoms with Gasteiger partial charge in [-0.15, -0.1) is 0 Å². The van der Waals surface area contributed by atoms with Crippen LogP contribution >= 0.6 is 15.9 Å². The first-order chi connectivity index (χ1) is 10.1. The molecule has 1 amide bonds. The van der Waals surface area contributed by atoms with Gasteiger partial charge in [-0.3, -0.25) is 4.79 Å². The Balaban J connectivity index is 1.86. The zero-order valence-electron chi connectivity index (χ0n) is 12.3. The van der Waals surface area contributed by atoms with E-state index in [2.05, 4.69) is 40.3 Å².